The van der Waals surface area contributed by atoms with Gasteiger partial charge in [-0.1, -0.05) is 6.42 Å². The van der Waals surface area contributed by atoms with E-state index < -0.39 is 0 Å². The number of hydrogen-bond donors (Lipinski definition) is 2. The van der Waals surface area contributed by atoms with E-state index in [2.05, 4.69) is 29.2 Å². The number of nitrogens with zero attached hydrogens (tertiary/aromatic N) is 2. The molecule has 0 radical (unpaired) electrons. The second kappa shape index (κ2) is 7.58. The Labute approximate surface area is 118 Å². The van der Waals surface area contributed by atoms with Gasteiger partial charge in [0.05, 0.1) is 0 Å². The molecule has 0 aromatic carbocycles. The largest absolute Gasteiger partial charge is 0.396 e. The highest BCUT2D eigenvalue weighted by Gasteiger charge is 2.31. The monoisotopic (exact) mass is 269 g/mol. The quantitative estimate of drug-likeness (QED) is 0.773. The SMILES string of the molecule is CN(C)C1CNCCC1CN1CCCCC1CCO. The normalized spacial score (nSPS) is 33.8. The maximum Gasteiger partial charge on any atom is 0.0445 e. The molecule has 3 atom stereocenters. The first-order chi connectivity index (χ1) is 9.22. The smallest absolute Gasteiger partial charge is 0.0445 e. The molecule has 0 saturated carbocycles. The summed E-state index contributed by atoms with van der Waals surface area (Å²) in [5.41, 5.74) is 0. The number of hydrogen-bond acceptors (Lipinski definition) is 4. The third-order valence-electron chi connectivity index (χ3n) is 4.93. The molecule has 2 heterocycles. The first-order valence-corrected chi connectivity index (χ1v) is 7.94. The van der Waals surface area contributed by atoms with Crippen LogP contribution in [0.3, 0.4) is 0 Å². The summed E-state index contributed by atoms with van der Waals surface area (Å²) in [6.45, 7) is 5.07. The molecule has 3 unspecified atom stereocenters. The number of aliphatic hydroxyl groups excluding tert-OH is 1. The number of nitrogens with one attached hydrogen (secondary N) is 1. The molecule has 0 aliphatic carbocycles. The average Bonchev–Trinajstić information content (AvgIpc) is 2.42. The molecule has 112 valence electrons. The zero-order valence-electron chi connectivity index (χ0n) is 12.6. The molecule has 19 heavy (non-hydrogen) atoms. The highest BCUT2D eigenvalue weighted by atomic mass is 16.3. The molecular weight excluding hydrogens is 238 g/mol. The molecule has 0 aromatic rings. The summed E-state index contributed by atoms with van der Waals surface area (Å²) in [6.07, 6.45) is 6.19. The van der Waals surface area contributed by atoms with Crippen LogP contribution in [0.2, 0.25) is 0 Å². The first-order valence-electron chi connectivity index (χ1n) is 7.94. The van der Waals surface area contributed by atoms with Gasteiger partial charge in [0.2, 0.25) is 0 Å². The van der Waals surface area contributed by atoms with Crippen molar-refractivity contribution in [2.75, 3.05) is 46.9 Å². The molecule has 4 nitrogen and oxygen atoms in total. The standard InChI is InChI=1S/C15H31N3O/c1-17(2)15-11-16-8-6-13(15)12-18-9-4-3-5-14(18)7-10-19/h13-16,19H,3-12H2,1-2H3. The van der Waals surface area contributed by atoms with Gasteiger partial charge >= 0.3 is 0 Å². The van der Waals surface area contributed by atoms with E-state index in [0.717, 1.165) is 25.4 Å². The number of rotatable bonds is 5. The van der Waals surface area contributed by atoms with E-state index in [1.165, 1.54) is 38.8 Å². The molecule has 2 aliphatic rings. The van der Waals surface area contributed by atoms with Crippen LogP contribution in [-0.2, 0) is 0 Å². The minimum Gasteiger partial charge on any atom is -0.396 e. The number of likely N-dealkylation sites (tertiary alicyclic amines) is 1. The van der Waals surface area contributed by atoms with E-state index in [9.17, 15) is 5.11 Å². The summed E-state index contributed by atoms with van der Waals surface area (Å²) in [7, 11) is 4.40. The molecular formula is C15H31N3O. The summed E-state index contributed by atoms with van der Waals surface area (Å²) in [5.74, 6) is 0.774. The molecule has 2 saturated heterocycles. The summed E-state index contributed by atoms with van der Waals surface area (Å²) in [4.78, 5) is 5.04. The van der Waals surface area contributed by atoms with Crippen LogP contribution in [0.5, 0.6) is 0 Å². The maximum absolute atomic E-state index is 9.24. The molecule has 0 bridgehead atoms. The molecule has 0 spiro atoms. The van der Waals surface area contributed by atoms with Gasteiger partial charge in [-0.2, -0.15) is 0 Å². The molecule has 4 heteroatoms. The van der Waals surface area contributed by atoms with Crippen molar-refractivity contribution in [2.24, 2.45) is 5.92 Å². The van der Waals surface area contributed by atoms with Crippen molar-refractivity contribution < 1.29 is 5.11 Å². The molecule has 2 aliphatic heterocycles. The molecule has 2 fully saturated rings. The lowest BCUT2D eigenvalue weighted by atomic mass is 9.89. The number of likely N-dealkylation sites (N-methyl/N-ethyl adjacent to an activating group) is 1. The van der Waals surface area contributed by atoms with Crippen LogP contribution in [0.15, 0.2) is 0 Å². The van der Waals surface area contributed by atoms with Crippen LogP contribution >= 0.6 is 0 Å². The fourth-order valence-electron chi connectivity index (χ4n) is 3.79. The van der Waals surface area contributed by atoms with Gasteiger partial charge in [-0.15, -0.1) is 0 Å². The van der Waals surface area contributed by atoms with Gasteiger partial charge in [0.25, 0.3) is 0 Å². The third kappa shape index (κ3) is 4.15. The Kier molecular flexibility index (Phi) is 6.07. The minimum atomic E-state index is 0.338. The Bertz CT molecular complexity index is 258. The van der Waals surface area contributed by atoms with Crippen molar-refractivity contribution >= 4 is 0 Å². The van der Waals surface area contributed by atoms with Gasteiger partial charge < -0.3 is 15.3 Å². The lowest BCUT2D eigenvalue weighted by Crippen LogP contribution is -2.53. The van der Waals surface area contributed by atoms with Gasteiger partial charge in [-0.3, -0.25) is 4.90 Å². The predicted octanol–water partition coefficient (Wildman–Crippen LogP) is 0.763. The van der Waals surface area contributed by atoms with Crippen LogP contribution in [-0.4, -0.2) is 73.9 Å². The first kappa shape index (κ1) is 15.2. The Morgan fingerprint density at radius 1 is 1.26 bits per heavy atom. The van der Waals surface area contributed by atoms with Crippen molar-refractivity contribution in [1.29, 1.82) is 0 Å². The lowest BCUT2D eigenvalue weighted by molar-refractivity contribution is 0.0661. The van der Waals surface area contributed by atoms with Crippen LogP contribution in [0, 0.1) is 5.92 Å². The lowest BCUT2D eigenvalue weighted by Gasteiger charge is -2.43. The third-order valence-corrected chi connectivity index (χ3v) is 4.93. The van der Waals surface area contributed by atoms with Crippen molar-refractivity contribution in [2.45, 2.75) is 44.2 Å². The maximum atomic E-state index is 9.24. The van der Waals surface area contributed by atoms with E-state index in [1.807, 2.05) is 0 Å². The Hall–Kier alpha value is -0.160. The topological polar surface area (TPSA) is 38.7 Å². The molecule has 2 N–H and O–H groups in total. The summed E-state index contributed by atoms with van der Waals surface area (Å²) >= 11 is 0. The van der Waals surface area contributed by atoms with Gasteiger partial charge in [0.15, 0.2) is 0 Å². The summed E-state index contributed by atoms with van der Waals surface area (Å²) in [5, 5.41) is 12.8. The van der Waals surface area contributed by atoms with Gasteiger partial charge in [-0.05, 0) is 58.8 Å². The van der Waals surface area contributed by atoms with Crippen LogP contribution < -0.4 is 5.32 Å². The minimum absolute atomic E-state index is 0.338. The zero-order chi connectivity index (χ0) is 13.7. The summed E-state index contributed by atoms with van der Waals surface area (Å²) < 4.78 is 0. The van der Waals surface area contributed by atoms with E-state index >= 15 is 0 Å². The highest BCUT2D eigenvalue weighted by molar-refractivity contribution is 4.88. The molecule has 2 rings (SSSR count). The predicted molar refractivity (Wildman–Crippen MR) is 79.4 cm³/mol. The van der Waals surface area contributed by atoms with Crippen molar-refractivity contribution in [3.8, 4) is 0 Å². The van der Waals surface area contributed by atoms with Crippen LogP contribution in [0.4, 0.5) is 0 Å². The van der Waals surface area contributed by atoms with Crippen LogP contribution in [0.25, 0.3) is 0 Å². The summed E-state index contributed by atoms with van der Waals surface area (Å²) in [6, 6.07) is 1.28. The van der Waals surface area contributed by atoms with Gasteiger partial charge in [-0.25, -0.2) is 0 Å². The second-order valence-corrected chi connectivity index (χ2v) is 6.44. The Balaban J connectivity index is 1.92. The van der Waals surface area contributed by atoms with Crippen LogP contribution in [0.1, 0.15) is 32.1 Å². The fraction of sp³-hybridized carbons (Fsp3) is 1.00. The van der Waals surface area contributed by atoms with Gasteiger partial charge in [0.1, 0.15) is 0 Å². The molecule has 0 amide bonds. The van der Waals surface area contributed by atoms with E-state index in [1.54, 1.807) is 0 Å². The van der Waals surface area contributed by atoms with Crippen molar-refractivity contribution in [1.82, 2.24) is 15.1 Å². The second-order valence-electron chi connectivity index (χ2n) is 6.44. The van der Waals surface area contributed by atoms with E-state index in [0.29, 0.717) is 18.7 Å². The molecule has 0 aromatic heterocycles. The average molecular weight is 269 g/mol. The van der Waals surface area contributed by atoms with E-state index in [4.69, 9.17) is 0 Å². The zero-order valence-corrected chi connectivity index (χ0v) is 12.6. The highest BCUT2D eigenvalue weighted by Crippen LogP contribution is 2.24. The number of aliphatic hydroxyl groups is 1. The Morgan fingerprint density at radius 2 is 2.11 bits per heavy atom. The van der Waals surface area contributed by atoms with Crippen molar-refractivity contribution in [3.63, 3.8) is 0 Å². The van der Waals surface area contributed by atoms with Crippen molar-refractivity contribution in [3.05, 3.63) is 0 Å². The fourth-order valence-corrected chi connectivity index (χ4v) is 3.79. The van der Waals surface area contributed by atoms with Gasteiger partial charge in [0, 0.05) is 31.8 Å². The number of piperidine rings is 2. The Morgan fingerprint density at radius 3 is 2.84 bits per heavy atom. The van der Waals surface area contributed by atoms with E-state index in [-0.39, 0.29) is 0 Å².